The van der Waals surface area contributed by atoms with Crippen molar-refractivity contribution in [2.45, 2.75) is 31.3 Å². The molecule has 0 amide bonds. The van der Waals surface area contributed by atoms with Gasteiger partial charge in [-0.05, 0) is 43.4 Å². The normalized spacial score (nSPS) is 17.1. The van der Waals surface area contributed by atoms with Crippen LogP contribution in [0.15, 0.2) is 17.0 Å². The molecule has 0 aliphatic carbocycles. The molecule has 0 unspecified atom stereocenters. The summed E-state index contributed by atoms with van der Waals surface area (Å²) >= 11 is 0. The number of aryl methyl sites for hydroxylation is 1. The first-order chi connectivity index (χ1) is 9.94. The molecule has 1 saturated heterocycles. The van der Waals surface area contributed by atoms with Crippen LogP contribution in [0.4, 0.5) is 4.39 Å². The molecule has 0 spiro atoms. The third-order valence-corrected chi connectivity index (χ3v) is 5.09. The summed E-state index contributed by atoms with van der Waals surface area (Å²) in [5.74, 6) is -0.312. The fraction of sp³-hybridized carbons (Fsp3) is 0.571. The van der Waals surface area contributed by atoms with Gasteiger partial charge in [-0.25, -0.2) is 17.5 Å². The van der Waals surface area contributed by atoms with Crippen LogP contribution in [0, 0.1) is 18.7 Å². The van der Waals surface area contributed by atoms with Crippen LogP contribution in [0.5, 0.6) is 0 Å². The molecule has 5 nitrogen and oxygen atoms in total. The minimum atomic E-state index is -3.70. The average Bonchev–Trinajstić information content (AvgIpc) is 2.49. The number of hydrogen-bond donors (Lipinski definition) is 2. The molecule has 1 heterocycles. The van der Waals surface area contributed by atoms with Crippen molar-refractivity contribution in [1.82, 2.24) is 4.72 Å². The molecule has 118 valence electrons. The number of aliphatic hydroxyl groups is 1. The van der Waals surface area contributed by atoms with Gasteiger partial charge in [-0.15, -0.1) is 0 Å². The molecule has 7 heteroatoms. The van der Waals surface area contributed by atoms with Gasteiger partial charge in [0.05, 0.1) is 11.5 Å². The van der Waals surface area contributed by atoms with Gasteiger partial charge in [0.15, 0.2) is 0 Å². The molecule has 1 aromatic rings. The van der Waals surface area contributed by atoms with Crippen molar-refractivity contribution in [1.29, 1.82) is 0 Å². The zero-order valence-electron chi connectivity index (χ0n) is 11.9. The fourth-order valence-corrected chi connectivity index (χ4v) is 3.59. The highest BCUT2D eigenvalue weighted by Gasteiger charge is 2.21. The van der Waals surface area contributed by atoms with Crippen LogP contribution < -0.4 is 4.72 Å². The smallest absolute Gasteiger partial charge is 0.240 e. The predicted molar refractivity (Wildman–Crippen MR) is 75.8 cm³/mol. The molecule has 0 aromatic heterocycles. The van der Waals surface area contributed by atoms with E-state index in [1.165, 1.54) is 19.1 Å². The average molecular weight is 317 g/mol. The van der Waals surface area contributed by atoms with Gasteiger partial charge >= 0.3 is 0 Å². The van der Waals surface area contributed by atoms with Gasteiger partial charge in [0.25, 0.3) is 0 Å². The maximum atomic E-state index is 13.7. The predicted octanol–water partition coefficient (Wildman–Crippen LogP) is 1.33. The fourth-order valence-electron chi connectivity index (χ4n) is 2.34. The summed E-state index contributed by atoms with van der Waals surface area (Å²) in [7, 11) is -3.70. The maximum absolute atomic E-state index is 13.7. The van der Waals surface area contributed by atoms with Crippen molar-refractivity contribution in [3.05, 3.63) is 29.1 Å². The molecule has 1 fully saturated rings. The molecule has 1 aliphatic rings. The van der Waals surface area contributed by atoms with E-state index >= 15 is 0 Å². The number of halogens is 1. The highest BCUT2D eigenvalue weighted by Crippen LogP contribution is 2.20. The van der Waals surface area contributed by atoms with Crippen molar-refractivity contribution in [2.75, 3.05) is 19.8 Å². The van der Waals surface area contributed by atoms with Crippen LogP contribution in [0.1, 0.15) is 24.0 Å². The number of benzene rings is 1. The summed E-state index contributed by atoms with van der Waals surface area (Å²) in [5.41, 5.74) is 0.189. The summed E-state index contributed by atoms with van der Waals surface area (Å²) < 4.78 is 46.0. The zero-order valence-corrected chi connectivity index (χ0v) is 12.7. The molecular formula is C14H20FNO4S. The minimum absolute atomic E-state index is 0.0126. The highest BCUT2D eigenvalue weighted by atomic mass is 32.2. The molecular weight excluding hydrogens is 297 g/mol. The van der Waals surface area contributed by atoms with Crippen LogP contribution in [-0.2, 0) is 21.4 Å². The SMILES string of the molecule is Cc1cc(S(=O)(=O)NCC2CCOCC2)cc(CO)c1F. The second-order valence-corrected chi connectivity index (χ2v) is 7.05. The summed E-state index contributed by atoms with van der Waals surface area (Å²) in [5, 5.41) is 9.10. The molecule has 0 saturated carbocycles. The van der Waals surface area contributed by atoms with Crippen LogP contribution >= 0.6 is 0 Å². The largest absolute Gasteiger partial charge is 0.392 e. The van der Waals surface area contributed by atoms with Gasteiger partial charge in [0, 0.05) is 25.3 Å². The Morgan fingerprint density at radius 3 is 2.67 bits per heavy atom. The molecule has 1 aromatic carbocycles. The summed E-state index contributed by atoms with van der Waals surface area (Å²) in [6, 6.07) is 2.45. The van der Waals surface area contributed by atoms with Crippen LogP contribution in [0.25, 0.3) is 0 Å². The highest BCUT2D eigenvalue weighted by molar-refractivity contribution is 7.89. The first kappa shape index (κ1) is 16.4. The number of hydrogen-bond acceptors (Lipinski definition) is 4. The van der Waals surface area contributed by atoms with Crippen LogP contribution in [-0.4, -0.2) is 33.3 Å². The van der Waals surface area contributed by atoms with E-state index in [1.807, 2.05) is 0 Å². The van der Waals surface area contributed by atoms with Crippen LogP contribution in [0.3, 0.4) is 0 Å². The molecule has 2 N–H and O–H groups in total. The summed E-state index contributed by atoms with van der Waals surface area (Å²) in [6.45, 7) is 2.59. The van der Waals surface area contributed by atoms with E-state index in [4.69, 9.17) is 9.84 Å². The van der Waals surface area contributed by atoms with Crippen molar-refractivity contribution in [3.63, 3.8) is 0 Å². The quantitative estimate of drug-likeness (QED) is 0.859. The number of nitrogens with one attached hydrogen (secondary N) is 1. The van der Waals surface area contributed by atoms with Gasteiger partial charge in [-0.3, -0.25) is 0 Å². The van der Waals surface area contributed by atoms with Crippen molar-refractivity contribution >= 4 is 10.0 Å². The van der Waals surface area contributed by atoms with Gasteiger partial charge in [-0.2, -0.15) is 0 Å². The van der Waals surface area contributed by atoms with E-state index in [0.717, 1.165) is 12.8 Å². The second-order valence-electron chi connectivity index (χ2n) is 5.28. The van der Waals surface area contributed by atoms with Crippen molar-refractivity contribution < 1.29 is 22.7 Å². The van der Waals surface area contributed by atoms with Gasteiger partial charge in [-0.1, -0.05) is 0 Å². The number of aliphatic hydroxyl groups excluding tert-OH is 1. The molecule has 21 heavy (non-hydrogen) atoms. The molecule has 1 aliphatic heterocycles. The van der Waals surface area contributed by atoms with Gasteiger partial charge < -0.3 is 9.84 Å². The Hall–Kier alpha value is -1.02. The number of ether oxygens (including phenoxy) is 1. The lowest BCUT2D eigenvalue weighted by atomic mass is 10.0. The Morgan fingerprint density at radius 1 is 1.38 bits per heavy atom. The molecule has 2 rings (SSSR count). The third kappa shape index (κ3) is 4.00. The third-order valence-electron chi connectivity index (χ3n) is 3.69. The van der Waals surface area contributed by atoms with E-state index in [0.29, 0.717) is 19.8 Å². The number of sulfonamides is 1. The Kier molecular flexibility index (Phi) is 5.32. The van der Waals surface area contributed by atoms with E-state index < -0.39 is 22.4 Å². The van der Waals surface area contributed by atoms with E-state index in [1.54, 1.807) is 0 Å². The van der Waals surface area contributed by atoms with Gasteiger partial charge in [0.2, 0.25) is 10.0 Å². The topological polar surface area (TPSA) is 75.6 Å². The monoisotopic (exact) mass is 317 g/mol. The van der Waals surface area contributed by atoms with E-state index in [2.05, 4.69) is 4.72 Å². The lowest BCUT2D eigenvalue weighted by molar-refractivity contribution is 0.0678. The lowest BCUT2D eigenvalue weighted by Gasteiger charge is -2.22. The maximum Gasteiger partial charge on any atom is 0.240 e. The van der Waals surface area contributed by atoms with Crippen molar-refractivity contribution in [2.24, 2.45) is 5.92 Å². The number of rotatable bonds is 5. The first-order valence-corrected chi connectivity index (χ1v) is 8.39. The van der Waals surface area contributed by atoms with E-state index in [9.17, 15) is 12.8 Å². The Bertz CT molecular complexity index is 597. The van der Waals surface area contributed by atoms with E-state index in [-0.39, 0.29) is 21.9 Å². The lowest BCUT2D eigenvalue weighted by Crippen LogP contribution is -2.32. The minimum Gasteiger partial charge on any atom is -0.392 e. The Balaban J connectivity index is 2.13. The standard InChI is InChI=1S/C14H20FNO4S/c1-10-6-13(7-12(9-17)14(10)15)21(18,19)16-8-11-2-4-20-5-3-11/h6-7,11,16-17H,2-5,8-9H2,1H3. The molecule has 0 atom stereocenters. The summed E-state index contributed by atoms with van der Waals surface area (Å²) in [6.07, 6.45) is 1.65. The zero-order chi connectivity index (χ0) is 15.5. The molecule has 0 bridgehead atoms. The Morgan fingerprint density at radius 2 is 2.05 bits per heavy atom. The van der Waals surface area contributed by atoms with Gasteiger partial charge in [0.1, 0.15) is 5.82 Å². The van der Waals surface area contributed by atoms with Crippen LogP contribution in [0.2, 0.25) is 0 Å². The molecule has 0 radical (unpaired) electrons. The van der Waals surface area contributed by atoms with Crippen molar-refractivity contribution in [3.8, 4) is 0 Å². The Labute approximate surface area is 124 Å². The second kappa shape index (κ2) is 6.83. The summed E-state index contributed by atoms with van der Waals surface area (Å²) in [4.78, 5) is -0.0162. The first-order valence-electron chi connectivity index (χ1n) is 6.91.